The Balaban J connectivity index is 2.64. The molecular formula is C11H19N3O2. The van der Waals surface area contributed by atoms with Crippen molar-refractivity contribution >= 4 is 5.91 Å². The van der Waals surface area contributed by atoms with Crippen molar-refractivity contribution in [3.8, 4) is 0 Å². The fourth-order valence-electron chi connectivity index (χ4n) is 1.48. The van der Waals surface area contributed by atoms with E-state index >= 15 is 0 Å². The van der Waals surface area contributed by atoms with Crippen LogP contribution < -0.4 is 5.73 Å². The quantitative estimate of drug-likeness (QED) is 0.829. The predicted octanol–water partition coefficient (Wildman–Crippen LogP) is 0.987. The molecule has 1 atom stereocenters. The number of hydrogen-bond acceptors (Lipinski definition) is 4. The van der Waals surface area contributed by atoms with Crippen LogP contribution in [-0.2, 0) is 11.3 Å². The Morgan fingerprint density at radius 3 is 2.62 bits per heavy atom. The van der Waals surface area contributed by atoms with E-state index in [4.69, 9.17) is 10.3 Å². The third-order valence-electron chi connectivity index (χ3n) is 2.50. The molecule has 1 unspecified atom stereocenters. The van der Waals surface area contributed by atoms with Crippen LogP contribution in [0.4, 0.5) is 0 Å². The second-order valence-corrected chi connectivity index (χ2v) is 4.23. The molecule has 1 heterocycles. The largest absolute Gasteiger partial charge is 0.361 e. The van der Waals surface area contributed by atoms with Crippen LogP contribution in [0.5, 0.6) is 0 Å². The van der Waals surface area contributed by atoms with Gasteiger partial charge in [0, 0.05) is 25.1 Å². The Kier molecular flexibility index (Phi) is 4.06. The van der Waals surface area contributed by atoms with Gasteiger partial charge in [-0.1, -0.05) is 5.16 Å². The number of aryl methyl sites for hydroxylation is 2. The summed E-state index contributed by atoms with van der Waals surface area (Å²) in [4.78, 5) is 13.3. The maximum absolute atomic E-state index is 11.7. The average molecular weight is 225 g/mol. The van der Waals surface area contributed by atoms with Crippen molar-refractivity contribution in [2.75, 3.05) is 7.05 Å². The van der Waals surface area contributed by atoms with E-state index in [9.17, 15) is 4.79 Å². The molecule has 0 spiro atoms. The zero-order valence-corrected chi connectivity index (χ0v) is 10.3. The van der Waals surface area contributed by atoms with E-state index in [1.807, 2.05) is 20.8 Å². The van der Waals surface area contributed by atoms with Crippen molar-refractivity contribution in [2.24, 2.45) is 5.73 Å². The average Bonchev–Trinajstić information content (AvgIpc) is 2.48. The normalized spacial score (nSPS) is 12.6. The van der Waals surface area contributed by atoms with Crippen LogP contribution in [0.25, 0.3) is 0 Å². The van der Waals surface area contributed by atoms with Crippen molar-refractivity contribution in [1.29, 1.82) is 0 Å². The van der Waals surface area contributed by atoms with Crippen LogP contribution in [0.3, 0.4) is 0 Å². The minimum Gasteiger partial charge on any atom is -0.361 e. The van der Waals surface area contributed by atoms with Crippen molar-refractivity contribution in [1.82, 2.24) is 10.1 Å². The van der Waals surface area contributed by atoms with Gasteiger partial charge < -0.3 is 15.2 Å². The van der Waals surface area contributed by atoms with Crippen LogP contribution >= 0.6 is 0 Å². The first-order chi connectivity index (χ1) is 7.41. The molecule has 2 N–H and O–H groups in total. The summed E-state index contributed by atoms with van der Waals surface area (Å²) >= 11 is 0. The number of amides is 1. The first-order valence-corrected chi connectivity index (χ1v) is 5.33. The van der Waals surface area contributed by atoms with E-state index in [2.05, 4.69) is 5.16 Å². The zero-order valence-electron chi connectivity index (χ0n) is 10.3. The summed E-state index contributed by atoms with van der Waals surface area (Å²) in [6.45, 7) is 6.06. The molecule has 5 nitrogen and oxygen atoms in total. The number of nitrogens with zero attached hydrogens (tertiary/aromatic N) is 2. The SMILES string of the molecule is Cc1noc(C)c1CN(C)C(=O)CC(C)N. The number of carbonyl (C=O) groups is 1. The fourth-order valence-corrected chi connectivity index (χ4v) is 1.48. The van der Waals surface area contributed by atoms with E-state index in [1.165, 1.54) is 0 Å². The second kappa shape index (κ2) is 5.12. The van der Waals surface area contributed by atoms with Gasteiger partial charge in [0.2, 0.25) is 5.91 Å². The molecule has 1 aromatic heterocycles. The van der Waals surface area contributed by atoms with E-state index in [-0.39, 0.29) is 11.9 Å². The fraction of sp³-hybridized carbons (Fsp3) is 0.636. The molecule has 1 rings (SSSR count). The zero-order chi connectivity index (χ0) is 12.3. The molecule has 1 amide bonds. The third kappa shape index (κ3) is 3.06. The first kappa shape index (κ1) is 12.7. The van der Waals surface area contributed by atoms with Gasteiger partial charge >= 0.3 is 0 Å². The molecule has 0 aliphatic carbocycles. The lowest BCUT2D eigenvalue weighted by molar-refractivity contribution is -0.130. The summed E-state index contributed by atoms with van der Waals surface area (Å²) in [5.41, 5.74) is 7.39. The van der Waals surface area contributed by atoms with Gasteiger partial charge in [-0.3, -0.25) is 4.79 Å². The molecular weight excluding hydrogens is 206 g/mol. The predicted molar refractivity (Wildman–Crippen MR) is 60.7 cm³/mol. The number of carbonyl (C=O) groups excluding carboxylic acids is 1. The van der Waals surface area contributed by atoms with E-state index < -0.39 is 0 Å². The van der Waals surface area contributed by atoms with Crippen molar-refractivity contribution in [2.45, 2.75) is 39.8 Å². The molecule has 90 valence electrons. The lowest BCUT2D eigenvalue weighted by Gasteiger charge is -2.18. The topological polar surface area (TPSA) is 72.4 Å². The van der Waals surface area contributed by atoms with E-state index in [0.29, 0.717) is 13.0 Å². The summed E-state index contributed by atoms with van der Waals surface area (Å²) in [5, 5.41) is 3.85. The van der Waals surface area contributed by atoms with Gasteiger partial charge in [0.1, 0.15) is 5.76 Å². The van der Waals surface area contributed by atoms with Crippen LogP contribution in [0.15, 0.2) is 4.52 Å². The number of aromatic nitrogens is 1. The highest BCUT2D eigenvalue weighted by atomic mass is 16.5. The Labute approximate surface area is 95.6 Å². The third-order valence-corrected chi connectivity index (χ3v) is 2.50. The monoisotopic (exact) mass is 225 g/mol. The highest BCUT2D eigenvalue weighted by Gasteiger charge is 2.16. The second-order valence-electron chi connectivity index (χ2n) is 4.23. The maximum Gasteiger partial charge on any atom is 0.224 e. The van der Waals surface area contributed by atoms with Crippen molar-refractivity contribution < 1.29 is 9.32 Å². The molecule has 0 fully saturated rings. The Hall–Kier alpha value is -1.36. The lowest BCUT2D eigenvalue weighted by Crippen LogP contribution is -2.31. The first-order valence-electron chi connectivity index (χ1n) is 5.33. The van der Waals surface area contributed by atoms with Gasteiger partial charge in [-0.25, -0.2) is 0 Å². The summed E-state index contributed by atoms with van der Waals surface area (Å²) in [7, 11) is 1.76. The van der Waals surface area contributed by atoms with Crippen LogP contribution in [-0.4, -0.2) is 29.1 Å². The summed E-state index contributed by atoms with van der Waals surface area (Å²) in [6.07, 6.45) is 0.361. The molecule has 1 aromatic rings. The maximum atomic E-state index is 11.7. The van der Waals surface area contributed by atoms with Crippen molar-refractivity contribution in [3.63, 3.8) is 0 Å². The molecule has 0 aromatic carbocycles. The Bertz CT molecular complexity index is 352. The summed E-state index contributed by atoms with van der Waals surface area (Å²) in [5.74, 6) is 0.799. The number of hydrogen-bond donors (Lipinski definition) is 1. The van der Waals surface area contributed by atoms with Crippen LogP contribution in [0.1, 0.15) is 30.4 Å². The molecule has 0 saturated carbocycles. The van der Waals surface area contributed by atoms with E-state index in [1.54, 1.807) is 11.9 Å². The molecule has 16 heavy (non-hydrogen) atoms. The van der Waals surface area contributed by atoms with Gasteiger partial charge in [-0.2, -0.15) is 0 Å². The number of rotatable bonds is 4. The highest BCUT2D eigenvalue weighted by molar-refractivity contribution is 5.76. The molecule has 0 bridgehead atoms. The highest BCUT2D eigenvalue weighted by Crippen LogP contribution is 2.14. The lowest BCUT2D eigenvalue weighted by atomic mass is 10.2. The Morgan fingerprint density at radius 2 is 2.19 bits per heavy atom. The minimum absolute atomic E-state index is 0.0370. The summed E-state index contributed by atoms with van der Waals surface area (Å²) in [6, 6.07) is -0.111. The molecule has 0 aliphatic heterocycles. The van der Waals surface area contributed by atoms with Crippen LogP contribution in [0, 0.1) is 13.8 Å². The molecule has 0 saturated heterocycles. The van der Waals surface area contributed by atoms with Crippen LogP contribution in [0.2, 0.25) is 0 Å². The molecule has 0 radical (unpaired) electrons. The molecule has 0 aliphatic rings. The van der Waals surface area contributed by atoms with Crippen molar-refractivity contribution in [3.05, 3.63) is 17.0 Å². The van der Waals surface area contributed by atoms with Gasteiger partial charge in [-0.05, 0) is 20.8 Å². The van der Waals surface area contributed by atoms with Gasteiger partial charge in [0.05, 0.1) is 12.2 Å². The Morgan fingerprint density at radius 1 is 1.56 bits per heavy atom. The standard InChI is InChI=1S/C11H19N3O2/c1-7(12)5-11(15)14(4)6-10-8(2)13-16-9(10)3/h7H,5-6,12H2,1-4H3. The number of nitrogens with two attached hydrogens (primary N) is 1. The molecule has 5 heteroatoms. The minimum atomic E-state index is -0.111. The smallest absolute Gasteiger partial charge is 0.224 e. The van der Waals surface area contributed by atoms with Gasteiger partial charge in [0.25, 0.3) is 0 Å². The van der Waals surface area contributed by atoms with Gasteiger partial charge in [-0.15, -0.1) is 0 Å². The van der Waals surface area contributed by atoms with E-state index in [0.717, 1.165) is 17.0 Å². The van der Waals surface area contributed by atoms with Gasteiger partial charge in [0.15, 0.2) is 0 Å². The summed E-state index contributed by atoms with van der Waals surface area (Å²) < 4.78 is 5.04.